The predicted molar refractivity (Wildman–Crippen MR) is 71.0 cm³/mol. The molecule has 82 valence electrons. The largest absolute Gasteiger partial charge is 0.429 e. The van der Waals surface area contributed by atoms with Gasteiger partial charge in [0.25, 0.3) is 0 Å². The fraction of sp³-hybridized carbons (Fsp3) is 0.143. The summed E-state index contributed by atoms with van der Waals surface area (Å²) in [7, 11) is 0. The van der Waals surface area contributed by atoms with Crippen molar-refractivity contribution in [2.75, 3.05) is 0 Å². The third-order valence-electron chi connectivity index (χ3n) is 2.83. The average molecular weight is 230 g/mol. The van der Waals surface area contributed by atoms with E-state index in [2.05, 4.69) is 38.9 Å². The normalized spacial score (nSPS) is 10.2. The Morgan fingerprint density at radius 3 is 2.31 bits per heavy atom. The van der Waals surface area contributed by atoms with Crippen LogP contribution in [0.25, 0.3) is 11.1 Å². The van der Waals surface area contributed by atoms with Gasteiger partial charge in [0.1, 0.15) is 5.75 Å². The number of thiol groups is 1. The van der Waals surface area contributed by atoms with E-state index in [1.54, 1.807) is 0 Å². The fourth-order valence-electron chi connectivity index (χ4n) is 1.80. The number of hydrogen-bond donors (Lipinski definition) is 1. The Morgan fingerprint density at radius 2 is 1.69 bits per heavy atom. The van der Waals surface area contributed by atoms with Crippen molar-refractivity contribution >= 4 is 12.9 Å². The summed E-state index contributed by atoms with van der Waals surface area (Å²) in [6.07, 6.45) is 0. The SMILES string of the molecule is Cc1cc(OS)cc(-c2ccccc2)c1C. The van der Waals surface area contributed by atoms with Crippen molar-refractivity contribution in [2.45, 2.75) is 13.8 Å². The van der Waals surface area contributed by atoms with Gasteiger partial charge < -0.3 is 4.18 Å². The Hall–Kier alpha value is -1.41. The summed E-state index contributed by atoms with van der Waals surface area (Å²) in [5.74, 6) is 0.783. The minimum absolute atomic E-state index is 0.783. The number of benzene rings is 2. The van der Waals surface area contributed by atoms with Crippen molar-refractivity contribution in [3.63, 3.8) is 0 Å². The van der Waals surface area contributed by atoms with Crippen LogP contribution >= 0.6 is 12.9 Å². The molecule has 0 aliphatic carbocycles. The summed E-state index contributed by atoms with van der Waals surface area (Å²) in [6, 6.07) is 14.3. The molecule has 0 heterocycles. The molecule has 0 spiro atoms. The Bertz CT molecular complexity index is 492. The molecular formula is C14H14OS. The van der Waals surface area contributed by atoms with E-state index in [9.17, 15) is 0 Å². The van der Waals surface area contributed by atoms with Crippen LogP contribution < -0.4 is 4.18 Å². The smallest absolute Gasteiger partial charge is 0.137 e. The molecule has 0 fully saturated rings. The van der Waals surface area contributed by atoms with E-state index in [-0.39, 0.29) is 0 Å². The van der Waals surface area contributed by atoms with Crippen LogP contribution in [0.2, 0.25) is 0 Å². The number of aryl methyl sites for hydroxylation is 1. The van der Waals surface area contributed by atoms with Crippen molar-refractivity contribution in [1.82, 2.24) is 0 Å². The van der Waals surface area contributed by atoms with Gasteiger partial charge in [-0.1, -0.05) is 30.3 Å². The van der Waals surface area contributed by atoms with Gasteiger partial charge in [-0.25, -0.2) is 0 Å². The van der Waals surface area contributed by atoms with Crippen LogP contribution in [0.1, 0.15) is 11.1 Å². The lowest BCUT2D eigenvalue weighted by atomic mass is 9.97. The fourth-order valence-corrected chi connectivity index (χ4v) is 1.90. The van der Waals surface area contributed by atoms with E-state index in [0.29, 0.717) is 0 Å². The molecule has 16 heavy (non-hydrogen) atoms. The van der Waals surface area contributed by atoms with Gasteiger partial charge >= 0.3 is 0 Å². The van der Waals surface area contributed by atoms with E-state index in [0.717, 1.165) is 5.75 Å². The minimum atomic E-state index is 0.783. The molecule has 2 heteroatoms. The third kappa shape index (κ3) is 2.07. The Balaban J connectivity index is 2.60. The van der Waals surface area contributed by atoms with Gasteiger partial charge in [0, 0.05) is 12.9 Å². The molecule has 2 aromatic rings. The average Bonchev–Trinajstić information content (AvgIpc) is 2.33. The molecule has 2 rings (SSSR count). The number of rotatable bonds is 2. The van der Waals surface area contributed by atoms with Crippen molar-refractivity contribution in [3.05, 3.63) is 53.6 Å². The first-order valence-electron chi connectivity index (χ1n) is 5.20. The maximum atomic E-state index is 5.01. The van der Waals surface area contributed by atoms with Crippen LogP contribution in [0.5, 0.6) is 5.75 Å². The van der Waals surface area contributed by atoms with Gasteiger partial charge in [-0.05, 0) is 48.2 Å². The second-order valence-electron chi connectivity index (χ2n) is 3.87. The minimum Gasteiger partial charge on any atom is -0.429 e. The maximum Gasteiger partial charge on any atom is 0.137 e. The quantitative estimate of drug-likeness (QED) is 0.601. The molecule has 0 radical (unpaired) electrons. The molecule has 0 unspecified atom stereocenters. The first kappa shape index (κ1) is 11.1. The van der Waals surface area contributed by atoms with E-state index in [4.69, 9.17) is 4.18 Å². The van der Waals surface area contributed by atoms with Gasteiger partial charge in [0.2, 0.25) is 0 Å². The van der Waals surface area contributed by atoms with Gasteiger partial charge in [0.05, 0.1) is 0 Å². The third-order valence-corrected chi connectivity index (χ3v) is 3.04. The zero-order chi connectivity index (χ0) is 11.5. The summed E-state index contributed by atoms with van der Waals surface area (Å²) in [5.41, 5.74) is 4.89. The zero-order valence-electron chi connectivity index (χ0n) is 9.40. The summed E-state index contributed by atoms with van der Waals surface area (Å²) in [6.45, 7) is 4.21. The van der Waals surface area contributed by atoms with E-state index in [1.165, 1.54) is 22.3 Å². The van der Waals surface area contributed by atoms with Crippen molar-refractivity contribution in [2.24, 2.45) is 0 Å². The van der Waals surface area contributed by atoms with Gasteiger partial charge in [0.15, 0.2) is 0 Å². The molecule has 0 atom stereocenters. The van der Waals surface area contributed by atoms with Crippen LogP contribution in [0.4, 0.5) is 0 Å². The number of hydrogen-bond acceptors (Lipinski definition) is 2. The lowest BCUT2D eigenvalue weighted by Crippen LogP contribution is -1.89. The first-order chi connectivity index (χ1) is 7.72. The van der Waals surface area contributed by atoms with Crippen LogP contribution in [0.15, 0.2) is 42.5 Å². The van der Waals surface area contributed by atoms with E-state index < -0.39 is 0 Å². The predicted octanol–water partition coefficient (Wildman–Crippen LogP) is 4.19. The molecule has 0 N–H and O–H groups in total. The second-order valence-corrected chi connectivity index (χ2v) is 4.05. The summed E-state index contributed by atoms with van der Waals surface area (Å²) >= 11 is 3.85. The highest BCUT2D eigenvalue weighted by Crippen LogP contribution is 2.30. The van der Waals surface area contributed by atoms with Crippen molar-refractivity contribution in [1.29, 1.82) is 0 Å². The summed E-state index contributed by atoms with van der Waals surface area (Å²) < 4.78 is 5.01. The van der Waals surface area contributed by atoms with Crippen LogP contribution in [-0.4, -0.2) is 0 Å². The van der Waals surface area contributed by atoms with E-state index in [1.807, 2.05) is 30.3 Å². The molecule has 0 aliphatic heterocycles. The highest BCUT2D eigenvalue weighted by atomic mass is 32.1. The molecule has 2 aromatic carbocycles. The van der Waals surface area contributed by atoms with Gasteiger partial charge in [-0.15, -0.1) is 0 Å². The van der Waals surface area contributed by atoms with Gasteiger partial charge in [-0.2, -0.15) is 0 Å². The first-order valence-corrected chi connectivity index (χ1v) is 5.57. The van der Waals surface area contributed by atoms with Crippen LogP contribution in [0.3, 0.4) is 0 Å². The molecule has 0 aliphatic rings. The monoisotopic (exact) mass is 230 g/mol. The molecule has 0 saturated carbocycles. The zero-order valence-corrected chi connectivity index (χ0v) is 10.3. The molecule has 0 aromatic heterocycles. The topological polar surface area (TPSA) is 9.23 Å². The van der Waals surface area contributed by atoms with Crippen molar-refractivity contribution in [3.8, 4) is 16.9 Å². The molecule has 1 nitrogen and oxygen atoms in total. The van der Waals surface area contributed by atoms with E-state index >= 15 is 0 Å². The van der Waals surface area contributed by atoms with Crippen molar-refractivity contribution < 1.29 is 4.18 Å². The van der Waals surface area contributed by atoms with Crippen LogP contribution in [-0.2, 0) is 0 Å². The van der Waals surface area contributed by atoms with Gasteiger partial charge in [-0.3, -0.25) is 0 Å². The Labute approximate surface area is 102 Å². The molecule has 0 bridgehead atoms. The summed E-state index contributed by atoms with van der Waals surface area (Å²) in [5, 5.41) is 0. The lowest BCUT2D eigenvalue weighted by Gasteiger charge is -2.11. The summed E-state index contributed by atoms with van der Waals surface area (Å²) in [4.78, 5) is 0. The Morgan fingerprint density at radius 1 is 1.00 bits per heavy atom. The van der Waals surface area contributed by atoms with Crippen LogP contribution in [0, 0.1) is 13.8 Å². The molecule has 0 amide bonds. The molecule has 0 saturated heterocycles. The molecular weight excluding hydrogens is 216 g/mol. The Kier molecular flexibility index (Phi) is 3.20. The lowest BCUT2D eigenvalue weighted by molar-refractivity contribution is 0.658. The standard InChI is InChI=1S/C14H14OS/c1-10-8-13(15-16)9-14(11(10)2)12-6-4-3-5-7-12/h3-9,16H,1-2H3. The second kappa shape index (κ2) is 4.62. The highest BCUT2D eigenvalue weighted by Gasteiger charge is 2.06. The highest BCUT2D eigenvalue weighted by molar-refractivity contribution is 7.75. The maximum absolute atomic E-state index is 5.01.